The number of hydrogen-bond donors (Lipinski definition) is 1. The van der Waals surface area contributed by atoms with Gasteiger partial charge in [-0.25, -0.2) is 4.98 Å². The molecule has 3 aromatic carbocycles. The van der Waals surface area contributed by atoms with E-state index in [9.17, 15) is 9.59 Å². The molecule has 0 radical (unpaired) electrons. The molecule has 0 bridgehead atoms. The maximum Gasteiger partial charge on any atom is 0.258 e. The highest BCUT2D eigenvalue weighted by Gasteiger charge is 2.43. The van der Waals surface area contributed by atoms with Crippen LogP contribution < -0.4 is 10.9 Å². The summed E-state index contributed by atoms with van der Waals surface area (Å²) in [4.78, 5) is 32.7. The average molecular weight is 550 g/mol. The number of rotatable bonds is 7. The van der Waals surface area contributed by atoms with Crippen LogP contribution in [-0.2, 0) is 29.6 Å². The van der Waals surface area contributed by atoms with Crippen LogP contribution in [0.4, 0.5) is 5.69 Å². The van der Waals surface area contributed by atoms with E-state index < -0.39 is 0 Å². The van der Waals surface area contributed by atoms with E-state index in [0.717, 1.165) is 66.6 Å². The van der Waals surface area contributed by atoms with Crippen molar-refractivity contribution in [2.45, 2.75) is 69.0 Å². The third-order valence-corrected chi connectivity index (χ3v) is 9.47. The number of nitrogens with zero attached hydrogens (tertiary/aromatic N) is 2. The molecule has 5 nitrogen and oxygen atoms in total. The van der Waals surface area contributed by atoms with Crippen molar-refractivity contribution in [3.05, 3.63) is 111 Å². The van der Waals surface area contributed by atoms with Crippen LogP contribution in [0.2, 0.25) is 0 Å². The van der Waals surface area contributed by atoms with Gasteiger partial charge in [-0.15, -0.1) is 0 Å². The van der Waals surface area contributed by atoms with E-state index in [-0.39, 0.29) is 22.6 Å². The van der Waals surface area contributed by atoms with Crippen molar-refractivity contribution < 1.29 is 4.79 Å². The van der Waals surface area contributed by atoms with E-state index in [1.807, 2.05) is 60.0 Å². The lowest BCUT2D eigenvalue weighted by Gasteiger charge is -2.42. The second-order valence-corrected chi connectivity index (χ2v) is 12.1. The molecule has 4 aromatic rings. The normalized spacial score (nSPS) is 15.3. The number of benzene rings is 3. The predicted octanol–water partition coefficient (Wildman–Crippen LogP) is 6.95. The molecule has 204 valence electrons. The number of carbonyl (C=O) groups excluding carboxylic acids is 1. The van der Waals surface area contributed by atoms with Crippen LogP contribution in [0, 0.1) is 6.92 Å². The van der Waals surface area contributed by atoms with Gasteiger partial charge < -0.3 is 5.32 Å². The Morgan fingerprint density at radius 1 is 0.950 bits per heavy atom. The van der Waals surface area contributed by atoms with Crippen molar-refractivity contribution in [3.63, 3.8) is 0 Å². The van der Waals surface area contributed by atoms with E-state index in [4.69, 9.17) is 4.98 Å². The lowest BCUT2D eigenvalue weighted by atomic mass is 9.62. The Labute approximate surface area is 240 Å². The predicted molar refractivity (Wildman–Crippen MR) is 163 cm³/mol. The molecule has 1 N–H and O–H groups in total. The SMILES string of the molecule is Cc1ccccc1NC(=O)CSc1nc2c(c(=O)n1CCc1ccccc1)C1(CCCCC1)Cc1ccccc1-2. The Morgan fingerprint density at radius 3 is 2.48 bits per heavy atom. The van der Waals surface area contributed by atoms with Crippen LogP contribution in [0.5, 0.6) is 0 Å². The van der Waals surface area contributed by atoms with Gasteiger partial charge in [0, 0.05) is 23.2 Å². The molecule has 0 unspecified atom stereocenters. The van der Waals surface area contributed by atoms with Crippen molar-refractivity contribution >= 4 is 23.4 Å². The Bertz CT molecular complexity index is 1590. The van der Waals surface area contributed by atoms with Gasteiger partial charge in [0.25, 0.3) is 5.56 Å². The van der Waals surface area contributed by atoms with Crippen LogP contribution in [-0.4, -0.2) is 21.2 Å². The maximum absolute atomic E-state index is 14.5. The maximum atomic E-state index is 14.5. The number of nitrogens with one attached hydrogen (secondary N) is 1. The fraction of sp³-hybridized carbons (Fsp3) is 0.324. The molecular weight excluding hydrogens is 514 g/mol. The van der Waals surface area contributed by atoms with Gasteiger partial charge in [-0.3, -0.25) is 14.2 Å². The van der Waals surface area contributed by atoms with Gasteiger partial charge in [-0.1, -0.05) is 104 Å². The first-order valence-corrected chi connectivity index (χ1v) is 15.3. The van der Waals surface area contributed by atoms with E-state index in [1.165, 1.54) is 29.3 Å². The highest BCUT2D eigenvalue weighted by Crippen LogP contribution is 2.48. The summed E-state index contributed by atoms with van der Waals surface area (Å²) >= 11 is 1.35. The summed E-state index contributed by atoms with van der Waals surface area (Å²) in [5.74, 6) is 0.0718. The molecule has 1 heterocycles. The lowest BCUT2D eigenvalue weighted by Crippen LogP contribution is -2.43. The lowest BCUT2D eigenvalue weighted by molar-refractivity contribution is -0.113. The van der Waals surface area contributed by atoms with Crippen LogP contribution in [0.15, 0.2) is 88.8 Å². The fourth-order valence-electron chi connectivity index (χ4n) is 6.44. The van der Waals surface area contributed by atoms with Gasteiger partial charge >= 0.3 is 0 Å². The summed E-state index contributed by atoms with van der Waals surface area (Å²) in [5, 5.41) is 3.64. The van der Waals surface area contributed by atoms with Crippen LogP contribution in [0.25, 0.3) is 11.3 Å². The average Bonchev–Trinajstić information content (AvgIpc) is 2.97. The molecule has 1 saturated carbocycles. The number of aromatic nitrogens is 2. The summed E-state index contributed by atoms with van der Waals surface area (Å²) in [5.41, 5.74) is 6.97. The fourth-order valence-corrected chi connectivity index (χ4v) is 7.26. The summed E-state index contributed by atoms with van der Waals surface area (Å²) < 4.78 is 1.85. The van der Waals surface area contributed by atoms with Gasteiger partial charge in [0.05, 0.1) is 17.0 Å². The first-order chi connectivity index (χ1) is 19.5. The molecule has 2 aliphatic carbocycles. The van der Waals surface area contributed by atoms with E-state index in [0.29, 0.717) is 11.7 Å². The van der Waals surface area contributed by atoms with Crippen molar-refractivity contribution in [2.75, 3.05) is 11.1 Å². The summed E-state index contributed by atoms with van der Waals surface area (Å²) in [7, 11) is 0. The van der Waals surface area contributed by atoms with Gasteiger partial charge in [0.1, 0.15) is 0 Å². The first-order valence-electron chi connectivity index (χ1n) is 14.3. The Kier molecular flexibility index (Phi) is 7.61. The van der Waals surface area contributed by atoms with Crippen LogP contribution in [0.1, 0.15) is 54.4 Å². The topological polar surface area (TPSA) is 64.0 Å². The monoisotopic (exact) mass is 549 g/mol. The van der Waals surface area contributed by atoms with Crippen molar-refractivity contribution in [2.24, 2.45) is 0 Å². The third kappa shape index (κ3) is 5.25. The highest BCUT2D eigenvalue weighted by molar-refractivity contribution is 7.99. The molecule has 40 heavy (non-hydrogen) atoms. The van der Waals surface area contributed by atoms with E-state index in [1.54, 1.807) is 0 Å². The molecule has 1 aromatic heterocycles. The molecule has 0 aliphatic heterocycles. The second kappa shape index (κ2) is 11.5. The zero-order valence-corrected chi connectivity index (χ0v) is 23.8. The number of anilines is 1. The second-order valence-electron chi connectivity index (χ2n) is 11.1. The minimum absolute atomic E-state index is 0.0687. The van der Waals surface area contributed by atoms with Crippen LogP contribution in [0.3, 0.4) is 0 Å². The number of amides is 1. The number of aryl methyl sites for hydroxylation is 2. The Morgan fingerprint density at radius 2 is 1.68 bits per heavy atom. The summed E-state index contributed by atoms with van der Waals surface area (Å²) in [6.45, 7) is 2.51. The first kappa shape index (κ1) is 26.6. The van der Waals surface area contributed by atoms with Crippen LogP contribution >= 0.6 is 11.8 Å². The highest BCUT2D eigenvalue weighted by atomic mass is 32.2. The standard InChI is InChI=1S/C34H35N3O2S/c1-24-12-6-9-17-28(24)35-29(38)23-40-33-36-31-27-16-8-7-15-26(27)22-34(19-10-3-11-20-34)30(31)32(39)37(33)21-18-25-13-4-2-5-14-25/h2,4-9,12-17H,3,10-11,18-23H2,1H3,(H,35,38). The number of para-hydroxylation sites is 1. The Hall–Kier alpha value is -3.64. The molecule has 1 fully saturated rings. The smallest absolute Gasteiger partial charge is 0.258 e. The molecule has 0 atom stereocenters. The number of hydrogen-bond acceptors (Lipinski definition) is 4. The molecule has 1 amide bonds. The quantitative estimate of drug-likeness (QED) is 0.200. The summed E-state index contributed by atoms with van der Waals surface area (Å²) in [6, 6.07) is 26.4. The summed E-state index contributed by atoms with van der Waals surface area (Å²) in [6.07, 6.45) is 7.18. The van der Waals surface area contributed by atoms with Crippen molar-refractivity contribution in [3.8, 4) is 11.3 Å². The Balaban J connectivity index is 1.40. The van der Waals surface area contributed by atoms with Crippen molar-refractivity contribution in [1.29, 1.82) is 0 Å². The van der Waals surface area contributed by atoms with E-state index in [2.05, 4.69) is 35.6 Å². The van der Waals surface area contributed by atoms with Gasteiger partial charge in [-0.2, -0.15) is 0 Å². The van der Waals surface area contributed by atoms with Gasteiger partial charge in [0.2, 0.25) is 5.91 Å². The van der Waals surface area contributed by atoms with Crippen molar-refractivity contribution in [1.82, 2.24) is 9.55 Å². The van der Waals surface area contributed by atoms with E-state index >= 15 is 0 Å². The zero-order chi connectivity index (χ0) is 27.5. The number of carbonyl (C=O) groups is 1. The van der Waals surface area contributed by atoms with Gasteiger partial charge in [0.15, 0.2) is 5.16 Å². The number of thioether (sulfide) groups is 1. The minimum Gasteiger partial charge on any atom is -0.325 e. The largest absolute Gasteiger partial charge is 0.325 e. The van der Waals surface area contributed by atoms with Gasteiger partial charge in [-0.05, 0) is 55.4 Å². The zero-order valence-electron chi connectivity index (χ0n) is 23.0. The number of fused-ring (bicyclic) bond motifs is 4. The minimum atomic E-state index is -0.161. The molecule has 2 aliphatic rings. The molecule has 1 spiro atoms. The molecular formula is C34H35N3O2S. The molecule has 6 heteroatoms. The third-order valence-electron chi connectivity index (χ3n) is 8.49. The molecule has 0 saturated heterocycles. The molecule has 6 rings (SSSR count).